The van der Waals surface area contributed by atoms with Crippen LogP contribution in [0.2, 0.25) is 0 Å². The molecule has 2 amide bonds. The van der Waals surface area contributed by atoms with E-state index in [-0.39, 0.29) is 17.7 Å². The minimum absolute atomic E-state index is 0.116. The number of nitrogen functional groups attached to an aromatic ring is 1. The van der Waals surface area contributed by atoms with Gasteiger partial charge in [-0.3, -0.25) is 15.0 Å². The molecule has 3 rings (SSSR count). The van der Waals surface area contributed by atoms with E-state index in [1.54, 1.807) is 19.1 Å². The van der Waals surface area contributed by atoms with Gasteiger partial charge in [0.1, 0.15) is 11.3 Å². The molecule has 1 saturated heterocycles. The van der Waals surface area contributed by atoms with Crippen LogP contribution in [0.15, 0.2) is 18.2 Å². The Bertz CT molecular complexity index is 716. The Balaban J connectivity index is 1.87. The van der Waals surface area contributed by atoms with Gasteiger partial charge in [-0.25, -0.2) is 10.8 Å². The SMILES string of the molecule is CC(=O)N1CCC(c2nc3c(C(=O)NN)cccc3[nH]2)CC1. The highest BCUT2D eigenvalue weighted by atomic mass is 16.2. The van der Waals surface area contributed by atoms with Gasteiger partial charge < -0.3 is 9.88 Å². The topological polar surface area (TPSA) is 104 Å². The van der Waals surface area contributed by atoms with E-state index in [1.807, 2.05) is 11.0 Å². The van der Waals surface area contributed by atoms with Crippen LogP contribution >= 0.6 is 0 Å². The number of hydrazine groups is 1. The number of imidazole rings is 1. The van der Waals surface area contributed by atoms with Gasteiger partial charge in [0.05, 0.1) is 11.1 Å². The summed E-state index contributed by atoms with van der Waals surface area (Å²) < 4.78 is 0. The van der Waals surface area contributed by atoms with Crippen molar-refractivity contribution in [3.63, 3.8) is 0 Å². The molecule has 1 fully saturated rings. The second kappa shape index (κ2) is 5.76. The molecule has 0 unspecified atom stereocenters. The van der Waals surface area contributed by atoms with Gasteiger partial charge in [-0.15, -0.1) is 0 Å². The van der Waals surface area contributed by atoms with Gasteiger partial charge in [-0.2, -0.15) is 0 Å². The Hall–Kier alpha value is -2.41. The average Bonchev–Trinajstić information content (AvgIpc) is 2.98. The van der Waals surface area contributed by atoms with Gasteiger partial charge >= 0.3 is 0 Å². The van der Waals surface area contributed by atoms with Gasteiger partial charge in [0.2, 0.25) is 5.91 Å². The smallest absolute Gasteiger partial charge is 0.267 e. The molecular formula is C15H19N5O2. The van der Waals surface area contributed by atoms with Crippen molar-refractivity contribution < 1.29 is 9.59 Å². The molecule has 4 N–H and O–H groups in total. The Morgan fingerprint density at radius 3 is 2.73 bits per heavy atom. The zero-order valence-electron chi connectivity index (χ0n) is 12.4. The molecular weight excluding hydrogens is 282 g/mol. The van der Waals surface area contributed by atoms with E-state index in [4.69, 9.17) is 5.84 Å². The number of para-hydroxylation sites is 1. The first-order valence-corrected chi connectivity index (χ1v) is 7.35. The van der Waals surface area contributed by atoms with E-state index < -0.39 is 0 Å². The van der Waals surface area contributed by atoms with E-state index in [1.165, 1.54) is 0 Å². The molecule has 1 aliphatic rings. The minimum Gasteiger partial charge on any atom is -0.343 e. The number of aromatic amines is 1. The number of aromatic nitrogens is 2. The third kappa shape index (κ3) is 2.55. The van der Waals surface area contributed by atoms with Gasteiger partial charge in [-0.05, 0) is 25.0 Å². The number of carbonyl (C=O) groups excluding carboxylic acids is 2. The second-order valence-electron chi connectivity index (χ2n) is 5.58. The number of H-pyrrole nitrogens is 1. The molecule has 1 aromatic carbocycles. The Morgan fingerprint density at radius 2 is 2.09 bits per heavy atom. The molecule has 2 aromatic rings. The van der Waals surface area contributed by atoms with Gasteiger partial charge in [0.15, 0.2) is 0 Å². The normalized spacial score (nSPS) is 16.0. The number of hydrogen-bond acceptors (Lipinski definition) is 4. The number of amides is 2. The molecule has 116 valence electrons. The number of piperidine rings is 1. The van der Waals surface area contributed by atoms with Crippen LogP contribution in [0.1, 0.15) is 41.9 Å². The van der Waals surface area contributed by atoms with E-state index in [0.29, 0.717) is 11.1 Å². The summed E-state index contributed by atoms with van der Waals surface area (Å²) in [5.74, 6) is 6.12. The summed E-state index contributed by atoms with van der Waals surface area (Å²) in [5.41, 5.74) is 4.06. The lowest BCUT2D eigenvalue weighted by molar-refractivity contribution is -0.129. The maximum atomic E-state index is 11.8. The van der Waals surface area contributed by atoms with E-state index in [2.05, 4.69) is 15.4 Å². The molecule has 1 aromatic heterocycles. The second-order valence-corrected chi connectivity index (χ2v) is 5.58. The first kappa shape index (κ1) is 14.5. The number of nitrogens with two attached hydrogens (primary N) is 1. The summed E-state index contributed by atoms with van der Waals surface area (Å²) in [6.45, 7) is 3.08. The summed E-state index contributed by atoms with van der Waals surface area (Å²) in [6, 6.07) is 5.39. The molecule has 0 saturated carbocycles. The highest BCUT2D eigenvalue weighted by Gasteiger charge is 2.25. The maximum Gasteiger partial charge on any atom is 0.267 e. The summed E-state index contributed by atoms with van der Waals surface area (Å²) in [7, 11) is 0. The summed E-state index contributed by atoms with van der Waals surface area (Å²) in [5, 5.41) is 0. The molecule has 22 heavy (non-hydrogen) atoms. The molecule has 0 aliphatic carbocycles. The van der Waals surface area contributed by atoms with Crippen molar-refractivity contribution in [1.82, 2.24) is 20.3 Å². The largest absolute Gasteiger partial charge is 0.343 e. The fourth-order valence-electron chi connectivity index (χ4n) is 2.97. The molecule has 0 radical (unpaired) electrons. The van der Waals surface area contributed by atoms with Crippen molar-refractivity contribution in [2.24, 2.45) is 5.84 Å². The summed E-state index contributed by atoms with van der Waals surface area (Å²) in [6.07, 6.45) is 1.75. The summed E-state index contributed by atoms with van der Waals surface area (Å²) in [4.78, 5) is 32.9. The van der Waals surface area contributed by atoms with Crippen LogP contribution in [0.5, 0.6) is 0 Å². The Labute approximate surface area is 127 Å². The van der Waals surface area contributed by atoms with Crippen LogP contribution in [0.3, 0.4) is 0 Å². The number of hydrogen-bond donors (Lipinski definition) is 3. The summed E-state index contributed by atoms with van der Waals surface area (Å²) >= 11 is 0. The van der Waals surface area contributed by atoms with E-state index in [0.717, 1.165) is 37.3 Å². The van der Waals surface area contributed by atoms with Crippen LogP contribution < -0.4 is 11.3 Å². The Morgan fingerprint density at radius 1 is 1.36 bits per heavy atom. The van der Waals surface area contributed by atoms with E-state index >= 15 is 0 Å². The first-order chi connectivity index (χ1) is 10.6. The van der Waals surface area contributed by atoms with Crippen molar-refractivity contribution in [1.29, 1.82) is 0 Å². The van der Waals surface area contributed by atoms with Crippen LogP contribution in [-0.4, -0.2) is 39.8 Å². The minimum atomic E-state index is -0.352. The Kier molecular flexibility index (Phi) is 3.81. The molecule has 0 bridgehead atoms. The molecule has 2 heterocycles. The van der Waals surface area contributed by atoms with Crippen molar-refractivity contribution >= 4 is 22.8 Å². The van der Waals surface area contributed by atoms with Crippen molar-refractivity contribution in [2.75, 3.05) is 13.1 Å². The van der Waals surface area contributed by atoms with Crippen molar-refractivity contribution in [2.45, 2.75) is 25.7 Å². The van der Waals surface area contributed by atoms with Crippen LogP contribution in [0.4, 0.5) is 0 Å². The number of fused-ring (bicyclic) bond motifs is 1. The average molecular weight is 301 g/mol. The quantitative estimate of drug-likeness (QED) is 0.435. The predicted molar refractivity (Wildman–Crippen MR) is 82.0 cm³/mol. The molecule has 0 atom stereocenters. The number of carbonyl (C=O) groups is 2. The number of benzene rings is 1. The van der Waals surface area contributed by atoms with Crippen molar-refractivity contribution in [3.8, 4) is 0 Å². The van der Waals surface area contributed by atoms with Crippen molar-refractivity contribution in [3.05, 3.63) is 29.6 Å². The zero-order valence-corrected chi connectivity index (χ0v) is 12.4. The molecule has 1 aliphatic heterocycles. The number of likely N-dealkylation sites (tertiary alicyclic amines) is 1. The molecule has 7 heteroatoms. The number of nitrogens with zero attached hydrogens (tertiary/aromatic N) is 2. The fourth-order valence-corrected chi connectivity index (χ4v) is 2.97. The predicted octanol–water partition coefficient (Wildman–Crippen LogP) is 0.892. The lowest BCUT2D eigenvalue weighted by atomic mass is 9.96. The first-order valence-electron chi connectivity index (χ1n) is 7.35. The third-order valence-corrected chi connectivity index (χ3v) is 4.23. The third-order valence-electron chi connectivity index (χ3n) is 4.23. The van der Waals surface area contributed by atoms with E-state index in [9.17, 15) is 9.59 Å². The molecule has 7 nitrogen and oxygen atoms in total. The molecule has 0 spiro atoms. The van der Waals surface area contributed by atoms with Crippen LogP contribution in [0.25, 0.3) is 11.0 Å². The van der Waals surface area contributed by atoms with Crippen LogP contribution in [-0.2, 0) is 4.79 Å². The fraction of sp³-hybridized carbons (Fsp3) is 0.400. The van der Waals surface area contributed by atoms with Gasteiger partial charge in [0, 0.05) is 25.9 Å². The number of nitrogens with one attached hydrogen (secondary N) is 2. The highest BCUT2D eigenvalue weighted by Crippen LogP contribution is 2.28. The van der Waals surface area contributed by atoms with Gasteiger partial charge in [0.25, 0.3) is 5.91 Å². The van der Waals surface area contributed by atoms with Gasteiger partial charge in [-0.1, -0.05) is 6.07 Å². The van der Waals surface area contributed by atoms with Crippen LogP contribution in [0, 0.1) is 0 Å². The standard InChI is InChI=1S/C15H19N5O2/c1-9(21)20-7-5-10(6-8-20)14-17-12-4-2-3-11(13(12)18-14)15(22)19-16/h2-4,10H,5-8,16H2,1H3,(H,17,18)(H,19,22). The lowest BCUT2D eigenvalue weighted by Gasteiger charge is -2.30. The maximum absolute atomic E-state index is 11.8. The lowest BCUT2D eigenvalue weighted by Crippen LogP contribution is -2.36. The monoisotopic (exact) mass is 301 g/mol. The number of rotatable bonds is 2. The highest BCUT2D eigenvalue weighted by molar-refractivity contribution is 6.04. The zero-order chi connectivity index (χ0) is 15.7.